The van der Waals surface area contributed by atoms with E-state index in [0.717, 1.165) is 70.9 Å². The molecular weight excluding hydrogens is 665 g/mol. The molecule has 10 aromatic rings. The molecule has 2 heterocycles. The summed E-state index contributed by atoms with van der Waals surface area (Å²) in [4.78, 5) is 7.35. The van der Waals surface area contributed by atoms with Gasteiger partial charge in [0.05, 0.1) is 15.9 Å². The Morgan fingerprint density at radius 3 is 1.62 bits per heavy atom. The zero-order chi connectivity index (χ0) is 35.1. The van der Waals surface area contributed by atoms with Gasteiger partial charge in [-0.05, 0) is 76.3 Å². The zero-order valence-corrected chi connectivity index (χ0v) is 29.5. The molecule has 53 heavy (non-hydrogen) atoms. The van der Waals surface area contributed by atoms with Crippen LogP contribution in [0.5, 0.6) is 0 Å². The van der Waals surface area contributed by atoms with Crippen molar-refractivity contribution in [3.8, 4) is 44.0 Å². The topological polar surface area (TPSA) is 29.3 Å². The summed E-state index contributed by atoms with van der Waals surface area (Å²) in [6.07, 6.45) is 0. The Morgan fingerprint density at radius 2 is 0.943 bits per heavy atom. The second-order valence-corrected chi connectivity index (χ2v) is 14.2. The first-order chi connectivity index (χ1) is 26.2. The first-order valence-electron chi connectivity index (χ1n) is 17.8. The Hall–Kier alpha value is -6.75. The van der Waals surface area contributed by atoms with Crippen molar-refractivity contribution in [2.45, 2.75) is 0 Å². The molecule has 0 spiro atoms. The zero-order valence-electron chi connectivity index (χ0n) is 28.7. The number of rotatable bonds is 7. The molecule has 8 aromatic carbocycles. The Morgan fingerprint density at radius 1 is 0.415 bits per heavy atom. The van der Waals surface area contributed by atoms with Crippen LogP contribution in [0, 0.1) is 0 Å². The largest absolute Gasteiger partial charge is 0.456 e. The number of anilines is 3. The Balaban J connectivity index is 1.04. The molecule has 4 heteroatoms. The van der Waals surface area contributed by atoms with Gasteiger partial charge in [-0.3, -0.25) is 0 Å². The number of thiazole rings is 1. The molecule has 0 radical (unpaired) electrons. The summed E-state index contributed by atoms with van der Waals surface area (Å²) >= 11 is 1.70. The minimum Gasteiger partial charge on any atom is -0.456 e. The lowest BCUT2D eigenvalue weighted by molar-refractivity contribution is 0.669. The monoisotopic (exact) mass is 696 g/mol. The number of furan rings is 1. The van der Waals surface area contributed by atoms with E-state index in [1.165, 1.54) is 22.3 Å². The second kappa shape index (κ2) is 13.1. The maximum atomic E-state index is 6.37. The smallest absolute Gasteiger partial charge is 0.136 e. The van der Waals surface area contributed by atoms with Crippen molar-refractivity contribution in [3.63, 3.8) is 0 Å². The normalized spacial score (nSPS) is 11.4. The van der Waals surface area contributed by atoms with E-state index in [0.29, 0.717) is 0 Å². The highest BCUT2D eigenvalue weighted by molar-refractivity contribution is 7.21. The molecular formula is C49H32N2OS. The van der Waals surface area contributed by atoms with Crippen molar-refractivity contribution in [1.82, 2.24) is 4.98 Å². The third-order valence-corrected chi connectivity index (χ3v) is 11.0. The van der Waals surface area contributed by atoms with Crippen LogP contribution in [0.1, 0.15) is 0 Å². The van der Waals surface area contributed by atoms with E-state index in [9.17, 15) is 0 Å². The van der Waals surface area contributed by atoms with E-state index in [4.69, 9.17) is 9.40 Å². The SMILES string of the molecule is c1ccc(-c2ccc(N(c3ccc(-c4ccc5oc6cc7sc(-c8ccccc8)nc7cc6c5c4)cc3)c3ccccc3-c3ccccc3)cc2)cc1. The Labute approximate surface area is 311 Å². The maximum Gasteiger partial charge on any atom is 0.136 e. The van der Waals surface area contributed by atoms with E-state index in [1.807, 2.05) is 6.07 Å². The van der Waals surface area contributed by atoms with E-state index in [-0.39, 0.29) is 0 Å². The Kier molecular flexibility index (Phi) is 7.67. The van der Waals surface area contributed by atoms with E-state index >= 15 is 0 Å². The molecule has 0 amide bonds. The molecule has 0 bridgehead atoms. The molecule has 0 saturated heterocycles. The molecule has 0 saturated carbocycles. The average molecular weight is 697 g/mol. The van der Waals surface area contributed by atoms with Gasteiger partial charge in [0.15, 0.2) is 0 Å². The summed E-state index contributed by atoms with van der Waals surface area (Å²) in [5.41, 5.74) is 14.2. The predicted octanol–water partition coefficient (Wildman–Crippen LogP) is 14.3. The van der Waals surface area contributed by atoms with Crippen molar-refractivity contribution in [3.05, 3.63) is 194 Å². The van der Waals surface area contributed by atoms with E-state index < -0.39 is 0 Å². The van der Waals surface area contributed by atoms with Crippen LogP contribution in [0.15, 0.2) is 199 Å². The lowest BCUT2D eigenvalue weighted by Crippen LogP contribution is -2.11. The molecule has 250 valence electrons. The first-order valence-corrected chi connectivity index (χ1v) is 18.6. The fourth-order valence-corrected chi connectivity index (χ4v) is 8.26. The fourth-order valence-electron chi connectivity index (χ4n) is 7.28. The molecule has 0 aliphatic heterocycles. The molecule has 3 nitrogen and oxygen atoms in total. The van der Waals surface area contributed by atoms with Crippen LogP contribution < -0.4 is 4.90 Å². The van der Waals surface area contributed by atoms with Crippen LogP contribution in [0.2, 0.25) is 0 Å². The molecule has 0 N–H and O–H groups in total. The second-order valence-electron chi connectivity index (χ2n) is 13.2. The summed E-state index contributed by atoms with van der Waals surface area (Å²) in [7, 11) is 0. The van der Waals surface area contributed by atoms with Gasteiger partial charge in [-0.1, -0.05) is 140 Å². The van der Waals surface area contributed by atoms with Crippen molar-refractivity contribution >= 4 is 60.6 Å². The van der Waals surface area contributed by atoms with Crippen molar-refractivity contribution in [2.24, 2.45) is 0 Å². The van der Waals surface area contributed by atoms with Gasteiger partial charge in [0.25, 0.3) is 0 Å². The fraction of sp³-hybridized carbons (Fsp3) is 0. The van der Waals surface area contributed by atoms with Gasteiger partial charge in [-0.25, -0.2) is 4.98 Å². The van der Waals surface area contributed by atoms with Crippen LogP contribution in [0.25, 0.3) is 76.1 Å². The summed E-state index contributed by atoms with van der Waals surface area (Å²) in [6, 6.07) is 68.7. The molecule has 10 rings (SSSR count). The number of aromatic nitrogens is 1. The van der Waals surface area contributed by atoms with E-state index in [2.05, 4.69) is 193 Å². The number of para-hydroxylation sites is 1. The predicted molar refractivity (Wildman–Crippen MR) is 223 cm³/mol. The minimum absolute atomic E-state index is 0.879. The highest BCUT2D eigenvalue weighted by Gasteiger charge is 2.18. The van der Waals surface area contributed by atoms with E-state index in [1.54, 1.807) is 11.3 Å². The summed E-state index contributed by atoms with van der Waals surface area (Å²) < 4.78 is 7.50. The first kappa shape index (κ1) is 31.0. The van der Waals surface area contributed by atoms with Gasteiger partial charge in [0.1, 0.15) is 16.2 Å². The minimum atomic E-state index is 0.879. The highest BCUT2D eigenvalue weighted by atomic mass is 32.1. The third kappa shape index (κ3) is 5.76. The lowest BCUT2D eigenvalue weighted by atomic mass is 10.00. The molecule has 0 aliphatic rings. The Bertz CT molecular complexity index is 2860. The molecule has 0 aliphatic carbocycles. The summed E-state index contributed by atoms with van der Waals surface area (Å²) in [6.45, 7) is 0. The molecule has 0 atom stereocenters. The van der Waals surface area contributed by atoms with Gasteiger partial charge < -0.3 is 9.32 Å². The molecule has 0 unspecified atom stereocenters. The van der Waals surface area contributed by atoms with Gasteiger partial charge in [0.2, 0.25) is 0 Å². The highest BCUT2D eigenvalue weighted by Crippen LogP contribution is 2.43. The summed E-state index contributed by atoms with van der Waals surface area (Å²) in [5, 5.41) is 3.19. The van der Waals surface area contributed by atoms with Gasteiger partial charge >= 0.3 is 0 Å². The van der Waals surface area contributed by atoms with Crippen LogP contribution in [0.3, 0.4) is 0 Å². The van der Waals surface area contributed by atoms with Crippen LogP contribution >= 0.6 is 11.3 Å². The quantitative estimate of drug-likeness (QED) is 0.166. The lowest BCUT2D eigenvalue weighted by Gasteiger charge is -2.28. The van der Waals surface area contributed by atoms with Crippen LogP contribution in [-0.2, 0) is 0 Å². The number of hydrogen-bond donors (Lipinski definition) is 0. The number of hydrogen-bond acceptors (Lipinski definition) is 4. The number of benzene rings is 8. The van der Waals surface area contributed by atoms with Gasteiger partial charge in [-0.15, -0.1) is 11.3 Å². The summed E-state index contributed by atoms with van der Waals surface area (Å²) in [5.74, 6) is 0. The van der Waals surface area contributed by atoms with Crippen molar-refractivity contribution in [2.75, 3.05) is 4.90 Å². The van der Waals surface area contributed by atoms with Crippen LogP contribution in [-0.4, -0.2) is 4.98 Å². The van der Waals surface area contributed by atoms with Gasteiger partial charge in [-0.2, -0.15) is 0 Å². The van der Waals surface area contributed by atoms with Crippen molar-refractivity contribution in [1.29, 1.82) is 0 Å². The standard InChI is InChI=1S/C49H32N2OS/c1-4-12-33(13-5-1)34-20-25-39(26-21-34)51(45-19-11-10-18-41(45)36-14-6-2-7-15-36)40-27-22-35(23-28-40)38-24-29-46-42(30-38)43-31-44-48(32-47(43)52-46)53-49(50-44)37-16-8-3-9-17-37/h1-32H. The third-order valence-electron chi connectivity index (χ3n) is 9.92. The van der Waals surface area contributed by atoms with Crippen LogP contribution in [0.4, 0.5) is 17.1 Å². The van der Waals surface area contributed by atoms with Crippen molar-refractivity contribution < 1.29 is 4.42 Å². The number of fused-ring (bicyclic) bond motifs is 4. The van der Waals surface area contributed by atoms with Gasteiger partial charge in [0, 0.05) is 39.3 Å². The molecule has 0 fully saturated rings. The maximum absolute atomic E-state index is 6.37. The molecule has 2 aromatic heterocycles. The number of nitrogens with zero attached hydrogens (tertiary/aromatic N) is 2. The average Bonchev–Trinajstić information content (AvgIpc) is 3.82.